The fraction of sp³-hybridized carbons (Fsp3) is 0.375. The van der Waals surface area contributed by atoms with Crippen LogP contribution in [0.1, 0.15) is 22.0 Å². The zero-order chi connectivity index (χ0) is 15.5. The average molecular weight is 390 g/mol. The molecule has 1 aromatic carbocycles. The van der Waals surface area contributed by atoms with Gasteiger partial charge in [0.2, 0.25) is 0 Å². The van der Waals surface area contributed by atoms with E-state index in [2.05, 4.69) is 21.7 Å². The number of hydrogen-bond donors (Lipinski definition) is 1. The summed E-state index contributed by atoms with van der Waals surface area (Å²) < 4.78 is 0. The highest BCUT2D eigenvalue weighted by Gasteiger charge is 2.26. The van der Waals surface area contributed by atoms with Crippen molar-refractivity contribution in [1.82, 2.24) is 10.2 Å². The zero-order valence-electron chi connectivity index (χ0n) is 13.3. The van der Waals surface area contributed by atoms with Gasteiger partial charge in [0.1, 0.15) is 0 Å². The first kappa shape index (κ1) is 20.9. The molecule has 1 aliphatic heterocycles. The predicted octanol–water partition coefficient (Wildman–Crippen LogP) is 3.80. The highest BCUT2D eigenvalue weighted by Crippen LogP contribution is 2.34. The van der Waals surface area contributed by atoms with E-state index in [1.807, 2.05) is 18.2 Å². The van der Waals surface area contributed by atoms with Crippen molar-refractivity contribution in [3.05, 3.63) is 61.8 Å². The first-order chi connectivity index (χ1) is 10.7. The lowest BCUT2D eigenvalue weighted by atomic mass is 10.00. The average Bonchev–Trinajstić information content (AvgIpc) is 3.04. The van der Waals surface area contributed by atoms with Gasteiger partial charge in [-0.05, 0) is 23.9 Å². The van der Waals surface area contributed by atoms with Gasteiger partial charge in [0.25, 0.3) is 5.69 Å². The van der Waals surface area contributed by atoms with Gasteiger partial charge < -0.3 is 5.32 Å². The van der Waals surface area contributed by atoms with Gasteiger partial charge >= 0.3 is 0 Å². The van der Waals surface area contributed by atoms with Gasteiger partial charge in [-0.15, -0.1) is 36.2 Å². The molecule has 0 aliphatic carbocycles. The Kier molecular flexibility index (Phi) is 8.12. The van der Waals surface area contributed by atoms with Crippen LogP contribution >= 0.6 is 36.2 Å². The summed E-state index contributed by atoms with van der Waals surface area (Å²) in [5.74, 6) is 0. The minimum atomic E-state index is -0.290. The number of nitrogens with zero attached hydrogens (tertiary/aromatic N) is 2. The third-order valence-electron chi connectivity index (χ3n) is 4.08. The van der Waals surface area contributed by atoms with E-state index in [1.165, 1.54) is 4.88 Å². The van der Waals surface area contributed by atoms with Crippen LogP contribution in [0, 0.1) is 17.0 Å². The van der Waals surface area contributed by atoms with Gasteiger partial charge in [0.05, 0.1) is 11.0 Å². The van der Waals surface area contributed by atoms with E-state index < -0.39 is 0 Å². The molecule has 132 valence electrons. The summed E-state index contributed by atoms with van der Waals surface area (Å²) in [7, 11) is 0. The van der Waals surface area contributed by atoms with Crippen molar-refractivity contribution in [1.29, 1.82) is 0 Å². The number of halogens is 2. The topological polar surface area (TPSA) is 58.4 Å². The largest absolute Gasteiger partial charge is 0.314 e. The Morgan fingerprint density at radius 3 is 2.54 bits per heavy atom. The summed E-state index contributed by atoms with van der Waals surface area (Å²) in [6, 6.07) is 9.87. The number of thiophene rings is 1. The van der Waals surface area contributed by atoms with Crippen LogP contribution in [-0.2, 0) is 0 Å². The van der Waals surface area contributed by atoms with Gasteiger partial charge in [0, 0.05) is 42.7 Å². The van der Waals surface area contributed by atoms with Gasteiger partial charge in [-0.2, -0.15) is 0 Å². The fourth-order valence-corrected chi connectivity index (χ4v) is 3.82. The van der Waals surface area contributed by atoms with E-state index in [4.69, 9.17) is 0 Å². The van der Waals surface area contributed by atoms with Crippen LogP contribution < -0.4 is 5.32 Å². The maximum Gasteiger partial charge on any atom is 0.272 e. The molecule has 1 aliphatic rings. The SMILES string of the molecule is Cc1ccc([C@@H](c2cccs2)N2CCNCC2)cc1[N+](=O)[O-].Cl.Cl. The van der Waals surface area contributed by atoms with Crippen molar-refractivity contribution in [2.24, 2.45) is 0 Å². The highest BCUT2D eigenvalue weighted by molar-refractivity contribution is 7.10. The molecule has 0 unspecified atom stereocenters. The van der Waals surface area contributed by atoms with Crippen LogP contribution in [0.2, 0.25) is 0 Å². The van der Waals surface area contributed by atoms with E-state index in [1.54, 1.807) is 24.3 Å². The normalized spacial score (nSPS) is 15.9. The Bertz CT molecular complexity index is 661. The molecule has 0 saturated carbocycles. The van der Waals surface area contributed by atoms with E-state index in [0.29, 0.717) is 5.56 Å². The summed E-state index contributed by atoms with van der Waals surface area (Å²) in [6.45, 7) is 5.59. The lowest BCUT2D eigenvalue weighted by molar-refractivity contribution is -0.385. The summed E-state index contributed by atoms with van der Waals surface area (Å²) in [5.41, 5.74) is 1.91. The van der Waals surface area contributed by atoms with Gasteiger partial charge in [-0.1, -0.05) is 18.2 Å². The number of nitro groups is 1. The summed E-state index contributed by atoms with van der Waals surface area (Å²) in [5, 5.41) is 16.7. The molecule has 1 fully saturated rings. The molecule has 0 bridgehead atoms. The summed E-state index contributed by atoms with van der Waals surface area (Å²) in [6.07, 6.45) is 0. The maximum atomic E-state index is 11.2. The molecule has 1 saturated heterocycles. The third-order valence-corrected chi connectivity index (χ3v) is 5.00. The summed E-state index contributed by atoms with van der Waals surface area (Å²) in [4.78, 5) is 14.6. The molecule has 3 rings (SSSR count). The molecular formula is C16H21Cl2N3O2S. The Balaban J connectivity index is 0.00000144. The van der Waals surface area contributed by atoms with Crippen molar-refractivity contribution in [3.8, 4) is 0 Å². The molecule has 0 amide bonds. The lowest BCUT2D eigenvalue weighted by Gasteiger charge is -2.34. The molecule has 24 heavy (non-hydrogen) atoms. The number of benzene rings is 1. The van der Waals surface area contributed by atoms with E-state index >= 15 is 0 Å². The smallest absolute Gasteiger partial charge is 0.272 e. The van der Waals surface area contributed by atoms with Crippen LogP contribution in [0.25, 0.3) is 0 Å². The fourth-order valence-electron chi connectivity index (χ4n) is 2.94. The lowest BCUT2D eigenvalue weighted by Crippen LogP contribution is -2.45. The molecule has 2 heterocycles. The molecule has 2 aromatic rings. The van der Waals surface area contributed by atoms with Gasteiger partial charge in [-0.25, -0.2) is 0 Å². The third kappa shape index (κ3) is 4.46. The Hall–Kier alpha value is -1.18. The highest BCUT2D eigenvalue weighted by atomic mass is 35.5. The molecule has 5 nitrogen and oxygen atoms in total. The second-order valence-electron chi connectivity index (χ2n) is 5.51. The Morgan fingerprint density at radius 2 is 1.96 bits per heavy atom. The Morgan fingerprint density at radius 1 is 1.25 bits per heavy atom. The first-order valence-corrected chi connectivity index (χ1v) is 8.28. The van der Waals surface area contributed by atoms with E-state index in [0.717, 1.165) is 31.7 Å². The van der Waals surface area contributed by atoms with Gasteiger partial charge in [0.15, 0.2) is 0 Å². The van der Waals surface area contributed by atoms with Crippen molar-refractivity contribution >= 4 is 41.8 Å². The van der Waals surface area contributed by atoms with Crippen molar-refractivity contribution in [2.45, 2.75) is 13.0 Å². The number of hydrogen-bond acceptors (Lipinski definition) is 5. The molecule has 1 N–H and O–H groups in total. The van der Waals surface area contributed by atoms with Crippen LogP contribution in [-0.4, -0.2) is 36.0 Å². The summed E-state index contributed by atoms with van der Waals surface area (Å²) >= 11 is 1.71. The number of nitro benzene ring substituents is 1. The molecule has 8 heteroatoms. The number of aryl methyl sites for hydroxylation is 1. The van der Waals surface area contributed by atoms with Crippen LogP contribution in [0.3, 0.4) is 0 Å². The molecule has 0 spiro atoms. The van der Waals surface area contributed by atoms with Gasteiger partial charge in [-0.3, -0.25) is 15.0 Å². The van der Waals surface area contributed by atoms with Crippen molar-refractivity contribution in [2.75, 3.05) is 26.2 Å². The van der Waals surface area contributed by atoms with Crippen LogP contribution in [0.5, 0.6) is 0 Å². The molecule has 1 aromatic heterocycles. The second kappa shape index (κ2) is 9.34. The number of nitrogens with one attached hydrogen (secondary N) is 1. The predicted molar refractivity (Wildman–Crippen MR) is 103 cm³/mol. The molecule has 1 atom stereocenters. The van der Waals surface area contributed by atoms with E-state index in [-0.39, 0.29) is 41.5 Å². The monoisotopic (exact) mass is 389 g/mol. The molecular weight excluding hydrogens is 369 g/mol. The number of rotatable bonds is 4. The van der Waals surface area contributed by atoms with Crippen molar-refractivity contribution in [3.63, 3.8) is 0 Å². The minimum Gasteiger partial charge on any atom is -0.314 e. The maximum absolute atomic E-state index is 11.2. The van der Waals surface area contributed by atoms with Crippen LogP contribution in [0.15, 0.2) is 35.7 Å². The standard InChI is InChI=1S/C16H19N3O2S.2ClH/c1-12-4-5-13(11-14(12)19(20)21)16(15-3-2-10-22-15)18-8-6-17-7-9-18;;/h2-5,10-11,16-17H,6-9H2,1H3;2*1H/t16-;;/m0../s1. The molecule has 0 radical (unpaired) electrons. The first-order valence-electron chi connectivity index (χ1n) is 7.40. The van der Waals surface area contributed by atoms with Crippen molar-refractivity contribution < 1.29 is 4.92 Å². The van der Waals surface area contributed by atoms with E-state index in [9.17, 15) is 10.1 Å². The Labute approximate surface area is 158 Å². The quantitative estimate of drug-likeness (QED) is 0.637. The number of piperazine rings is 1. The minimum absolute atomic E-state index is 0. The second-order valence-corrected chi connectivity index (χ2v) is 6.49. The van der Waals surface area contributed by atoms with Crippen LogP contribution in [0.4, 0.5) is 5.69 Å². The zero-order valence-corrected chi connectivity index (χ0v) is 15.8.